The number of nitro benzene ring substituents is 1. The van der Waals surface area contributed by atoms with Crippen molar-refractivity contribution >= 4 is 23.2 Å². The van der Waals surface area contributed by atoms with Crippen molar-refractivity contribution in [2.24, 2.45) is 0 Å². The number of ether oxygens (including phenoxy) is 2. The molecular weight excluding hydrogens is 366 g/mol. The van der Waals surface area contributed by atoms with E-state index in [1.807, 2.05) is 0 Å². The number of fused-ring (bicyclic) bond motifs is 1. The number of benzene rings is 2. The topological polar surface area (TPSA) is 111 Å². The molecular formula is C19H19N3O6. The maximum absolute atomic E-state index is 13.1. The molecule has 0 fully saturated rings. The average Bonchev–Trinajstić information content (AvgIpc) is 2.72. The second-order valence-corrected chi connectivity index (χ2v) is 5.98. The van der Waals surface area contributed by atoms with Gasteiger partial charge in [-0.25, -0.2) is 0 Å². The lowest BCUT2D eigenvalue weighted by molar-refractivity contribution is -0.385. The third-order valence-corrected chi connectivity index (χ3v) is 4.26. The van der Waals surface area contributed by atoms with Crippen molar-refractivity contribution in [2.75, 3.05) is 25.1 Å². The molecule has 1 heterocycles. The summed E-state index contributed by atoms with van der Waals surface area (Å²) >= 11 is 0. The number of likely N-dealkylation sites (N-methyl/N-ethyl adjacent to an activating group) is 1. The summed E-state index contributed by atoms with van der Waals surface area (Å²) in [4.78, 5) is 37.3. The third-order valence-electron chi connectivity index (χ3n) is 4.26. The molecule has 3 rings (SSSR count). The van der Waals surface area contributed by atoms with Crippen LogP contribution in [-0.4, -0.2) is 43.0 Å². The SMILES string of the molecule is CCOc1ccc(C(=O)N2C[C@H](C(=O)NC)Oc3ccccc32)cc1[N+](=O)[O-]. The molecule has 0 radical (unpaired) electrons. The van der Waals surface area contributed by atoms with Crippen molar-refractivity contribution in [3.8, 4) is 11.5 Å². The van der Waals surface area contributed by atoms with Crippen LogP contribution in [0.3, 0.4) is 0 Å². The van der Waals surface area contributed by atoms with Crippen molar-refractivity contribution in [1.82, 2.24) is 5.32 Å². The van der Waals surface area contributed by atoms with Crippen LogP contribution < -0.4 is 19.7 Å². The summed E-state index contributed by atoms with van der Waals surface area (Å²) in [7, 11) is 1.48. The second kappa shape index (κ2) is 7.95. The molecule has 146 valence electrons. The highest BCUT2D eigenvalue weighted by molar-refractivity contribution is 6.08. The number of carbonyl (C=O) groups is 2. The molecule has 1 N–H and O–H groups in total. The summed E-state index contributed by atoms with van der Waals surface area (Å²) in [5, 5.41) is 13.9. The first-order valence-electron chi connectivity index (χ1n) is 8.66. The molecule has 0 saturated carbocycles. The zero-order valence-electron chi connectivity index (χ0n) is 15.4. The first kappa shape index (κ1) is 19.2. The highest BCUT2D eigenvalue weighted by atomic mass is 16.6. The van der Waals surface area contributed by atoms with Gasteiger partial charge in [0.05, 0.1) is 23.8 Å². The van der Waals surface area contributed by atoms with Gasteiger partial charge in [0.2, 0.25) is 0 Å². The number of carbonyl (C=O) groups excluding carboxylic acids is 2. The molecule has 0 aromatic heterocycles. The van der Waals surface area contributed by atoms with Crippen molar-refractivity contribution < 1.29 is 24.0 Å². The van der Waals surface area contributed by atoms with Crippen molar-refractivity contribution in [3.63, 3.8) is 0 Å². The van der Waals surface area contributed by atoms with Crippen LogP contribution >= 0.6 is 0 Å². The minimum Gasteiger partial charge on any atom is -0.487 e. The lowest BCUT2D eigenvalue weighted by Crippen LogP contribution is -2.50. The molecule has 2 aromatic carbocycles. The fourth-order valence-electron chi connectivity index (χ4n) is 2.95. The Morgan fingerprint density at radius 2 is 2.07 bits per heavy atom. The Labute approximate surface area is 161 Å². The Kier molecular flexibility index (Phi) is 5.44. The minimum atomic E-state index is -0.887. The van der Waals surface area contributed by atoms with Gasteiger partial charge in [-0.3, -0.25) is 19.7 Å². The van der Waals surface area contributed by atoms with E-state index in [4.69, 9.17) is 9.47 Å². The molecule has 1 aliphatic rings. The quantitative estimate of drug-likeness (QED) is 0.624. The number of anilines is 1. The molecule has 0 unspecified atom stereocenters. The largest absolute Gasteiger partial charge is 0.487 e. The van der Waals surface area contributed by atoms with E-state index in [0.29, 0.717) is 11.4 Å². The van der Waals surface area contributed by atoms with E-state index in [2.05, 4.69) is 5.32 Å². The van der Waals surface area contributed by atoms with E-state index in [0.717, 1.165) is 0 Å². The Balaban J connectivity index is 2.00. The van der Waals surface area contributed by atoms with Gasteiger partial charge in [-0.2, -0.15) is 0 Å². The van der Waals surface area contributed by atoms with Crippen LogP contribution in [0.1, 0.15) is 17.3 Å². The summed E-state index contributed by atoms with van der Waals surface area (Å²) < 4.78 is 10.9. The van der Waals surface area contributed by atoms with Gasteiger partial charge in [-0.05, 0) is 31.2 Å². The number of hydrogen-bond donors (Lipinski definition) is 1. The van der Waals surface area contributed by atoms with E-state index in [-0.39, 0.29) is 36.1 Å². The van der Waals surface area contributed by atoms with E-state index < -0.39 is 16.9 Å². The number of nitrogens with one attached hydrogen (secondary N) is 1. The maximum Gasteiger partial charge on any atom is 0.311 e. The molecule has 0 aliphatic carbocycles. The van der Waals surface area contributed by atoms with Crippen LogP contribution in [0.4, 0.5) is 11.4 Å². The standard InChI is InChI=1S/C19H19N3O6/c1-3-27-15-9-8-12(10-14(15)22(25)26)19(24)21-11-17(18(23)20-2)28-16-7-5-4-6-13(16)21/h4-10,17H,3,11H2,1-2H3,(H,20,23)/t17-/m1/s1. The number of para-hydroxylation sites is 2. The highest BCUT2D eigenvalue weighted by Gasteiger charge is 2.34. The zero-order chi connectivity index (χ0) is 20.3. The lowest BCUT2D eigenvalue weighted by Gasteiger charge is -2.34. The van der Waals surface area contributed by atoms with Gasteiger partial charge in [-0.1, -0.05) is 12.1 Å². The van der Waals surface area contributed by atoms with E-state index in [9.17, 15) is 19.7 Å². The van der Waals surface area contributed by atoms with E-state index in [1.165, 1.54) is 30.1 Å². The number of rotatable bonds is 5. The molecule has 2 amide bonds. The van der Waals surface area contributed by atoms with Gasteiger partial charge in [0.1, 0.15) is 5.75 Å². The maximum atomic E-state index is 13.1. The molecule has 28 heavy (non-hydrogen) atoms. The summed E-state index contributed by atoms with van der Waals surface area (Å²) in [6.07, 6.45) is -0.887. The highest BCUT2D eigenvalue weighted by Crippen LogP contribution is 2.35. The zero-order valence-corrected chi connectivity index (χ0v) is 15.4. The summed E-state index contributed by atoms with van der Waals surface area (Å²) in [5.74, 6) is -0.369. The summed E-state index contributed by atoms with van der Waals surface area (Å²) in [5.41, 5.74) is 0.309. The van der Waals surface area contributed by atoms with Gasteiger partial charge in [-0.15, -0.1) is 0 Å². The molecule has 0 bridgehead atoms. The third kappa shape index (κ3) is 3.59. The molecule has 9 nitrogen and oxygen atoms in total. The average molecular weight is 385 g/mol. The van der Waals surface area contributed by atoms with Crippen molar-refractivity contribution in [2.45, 2.75) is 13.0 Å². The van der Waals surface area contributed by atoms with Crippen LogP contribution in [0.5, 0.6) is 11.5 Å². The van der Waals surface area contributed by atoms with Gasteiger partial charge in [0, 0.05) is 18.7 Å². The second-order valence-electron chi connectivity index (χ2n) is 5.98. The Hall–Kier alpha value is -3.62. The minimum absolute atomic E-state index is 0.0173. The molecule has 2 aromatic rings. The van der Waals surface area contributed by atoms with Crippen LogP contribution in [0, 0.1) is 10.1 Å². The summed E-state index contributed by atoms with van der Waals surface area (Å²) in [6, 6.07) is 10.9. The van der Waals surface area contributed by atoms with E-state index in [1.54, 1.807) is 31.2 Å². The Bertz CT molecular complexity index is 930. The fraction of sp³-hybridized carbons (Fsp3) is 0.263. The van der Waals surface area contributed by atoms with Crippen molar-refractivity contribution in [3.05, 3.63) is 58.1 Å². The predicted octanol–water partition coefficient (Wildman–Crippen LogP) is 2.15. The van der Waals surface area contributed by atoms with Crippen LogP contribution in [-0.2, 0) is 4.79 Å². The van der Waals surface area contributed by atoms with Crippen LogP contribution in [0.2, 0.25) is 0 Å². The number of amides is 2. The fourth-order valence-corrected chi connectivity index (χ4v) is 2.95. The molecule has 9 heteroatoms. The number of hydrogen-bond acceptors (Lipinski definition) is 6. The molecule has 1 atom stereocenters. The van der Waals surface area contributed by atoms with Crippen LogP contribution in [0.15, 0.2) is 42.5 Å². The normalized spacial score (nSPS) is 15.2. The summed E-state index contributed by atoms with van der Waals surface area (Å²) in [6.45, 7) is 1.96. The molecule has 0 spiro atoms. The Morgan fingerprint density at radius 3 is 2.75 bits per heavy atom. The Morgan fingerprint density at radius 1 is 1.32 bits per heavy atom. The monoisotopic (exact) mass is 385 g/mol. The number of nitro groups is 1. The van der Waals surface area contributed by atoms with E-state index >= 15 is 0 Å². The first-order chi connectivity index (χ1) is 13.5. The van der Waals surface area contributed by atoms with Gasteiger partial charge >= 0.3 is 5.69 Å². The van der Waals surface area contributed by atoms with Gasteiger partial charge < -0.3 is 19.7 Å². The number of nitrogens with zero attached hydrogens (tertiary/aromatic N) is 2. The van der Waals surface area contributed by atoms with Crippen LogP contribution in [0.25, 0.3) is 0 Å². The smallest absolute Gasteiger partial charge is 0.311 e. The first-order valence-corrected chi connectivity index (χ1v) is 8.66. The molecule has 1 aliphatic heterocycles. The predicted molar refractivity (Wildman–Crippen MR) is 101 cm³/mol. The molecule has 0 saturated heterocycles. The van der Waals surface area contributed by atoms with Crippen molar-refractivity contribution in [1.29, 1.82) is 0 Å². The van der Waals surface area contributed by atoms with Gasteiger partial charge in [0.15, 0.2) is 11.9 Å². The lowest BCUT2D eigenvalue weighted by atomic mass is 10.1. The van der Waals surface area contributed by atoms with Gasteiger partial charge in [0.25, 0.3) is 11.8 Å².